The first kappa shape index (κ1) is 21.2. The van der Waals surface area contributed by atoms with E-state index in [1.54, 1.807) is 24.5 Å². The largest absolute Gasteiger partial charge is 0.506 e. The molecule has 2 aromatic heterocycles. The van der Waals surface area contributed by atoms with Crippen LogP contribution in [0.3, 0.4) is 0 Å². The fourth-order valence-corrected chi connectivity index (χ4v) is 3.83. The number of nitrogens with zero attached hydrogens (tertiary/aromatic N) is 2. The molecule has 3 aromatic carbocycles. The van der Waals surface area contributed by atoms with Crippen LogP contribution in [0, 0.1) is 0 Å². The number of amides is 1. The van der Waals surface area contributed by atoms with Crippen LogP contribution in [0.1, 0.15) is 21.5 Å². The summed E-state index contributed by atoms with van der Waals surface area (Å²) in [6.45, 7) is 0. The predicted molar refractivity (Wildman–Crippen MR) is 135 cm³/mol. The topological polar surface area (TPSA) is 87.1 Å². The van der Waals surface area contributed by atoms with Crippen LogP contribution in [-0.4, -0.2) is 21.0 Å². The van der Waals surface area contributed by atoms with Gasteiger partial charge < -0.3 is 15.7 Å². The second-order valence-electron chi connectivity index (χ2n) is 7.91. The fraction of sp³-hybridized carbons (Fsp3) is 0.0357. The minimum absolute atomic E-state index is 0.167. The lowest BCUT2D eigenvalue weighted by molar-refractivity contribution is 0.102. The highest BCUT2D eigenvalue weighted by Gasteiger charge is 2.11. The number of nitrogens with one attached hydrogen (secondary N) is 2. The Labute approximate surface area is 197 Å². The van der Waals surface area contributed by atoms with Crippen molar-refractivity contribution in [2.75, 3.05) is 10.6 Å². The third-order valence-electron chi connectivity index (χ3n) is 5.55. The highest BCUT2D eigenvalue weighted by Crippen LogP contribution is 2.28. The average Bonchev–Trinajstić information content (AvgIpc) is 2.87. The molecule has 0 saturated heterocycles. The van der Waals surface area contributed by atoms with Crippen molar-refractivity contribution >= 4 is 33.9 Å². The van der Waals surface area contributed by atoms with E-state index in [1.165, 1.54) is 6.20 Å². The molecule has 34 heavy (non-hydrogen) atoms. The first-order chi connectivity index (χ1) is 16.7. The van der Waals surface area contributed by atoms with E-state index in [4.69, 9.17) is 0 Å². The number of benzene rings is 3. The van der Waals surface area contributed by atoms with E-state index in [1.807, 2.05) is 72.8 Å². The van der Waals surface area contributed by atoms with E-state index < -0.39 is 0 Å². The van der Waals surface area contributed by atoms with Gasteiger partial charge in [0.15, 0.2) is 0 Å². The number of rotatable bonds is 6. The van der Waals surface area contributed by atoms with Gasteiger partial charge in [0.2, 0.25) is 0 Å². The quantitative estimate of drug-likeness (QED) is 0.301. The van der Waals surface area contributed by atoms with E-state index in [0.717, 1.165) is 33.4 Å². The van der Waals surface area contributed by atoms with Gasteiger partial charge in [-0.2, -0.15) is 0 Å². The molecule has 0 radical (unpaired) electrons. The van der Waals surface area contributed by atoms with Gasteiger partial charge in [0.1, 0.15) is 5.75 Å². The summed E-state index contributed by atoms with van der Waals surface area (Å²) in [7, 11) is 0. The van der Waals surface area contributed by atoms with Crippen LogP contribution in [0.4, 0.5) is 17.1 Å². The molecule has 6 nitrogen and oxygen atoms in total. The van der Waals surface area contributed by atoms with Gasteiger partial charge in [0, 0.05) is 52.4 Å². The maximum Gasteiger partial charge on any atom is 0.255 e. The molecule has 0 aliphatic heterocycles. The molecular weight excluding hydrogens is 424 g/mol. The Kier molecular flexibility index (Phi) is 5.86. The number of para-hydroxylation sites is 1. The maximum atomic E-state index is 12.8. The van der Waals surface area contributed by atoms with Crippen molar-refractivity contribution in [3.05, 3.63) is 120 Å². The predicted octanol–water partition coefficient (Wildman–Crippen LogP) is 5.92. The summed E-state index contributed by atoms with van der Waals surface area (Å²) in [5.74, 6) is -0.0226. The molecule has 2 heterocycles. The molecule has 6 heteroatoms. The number of aromatic hydroxyl groups is 1. The van der Waals surface area contributed by atoms with Crippen molar-refractivity contribution < 1.29 is 9.90 Å². The third kappa shape index (κ3) is 4.71. The Morgan fingerprint density at radius 1 is 0.824 bits per heavy atom. The minimum atomic E-state index is -0.190. The lowest BCUT2D eigenvalue weighted by atomic mass is 9.99. The van der Waals surface area contributed by atoms with E-state index in [0.29, 0.717) is 17.7 Å². The minimum Gasteiger partial charge on any atom is -0.506 e. The Hall–Kier alpha value is -4.71. The molecule has 0 saturated carbocycles. The summed E-state index contributed by atoms with van der Waals surface area (Å²) >= 11 is 0. The fourth-order valence-electron chi connectivity index (χ4n) is 3.83. The van der Waals surface area contributed by atoms with Gasteiger partial charge in [-0.3, -0.25) is 14.8 Å². The van der Waals surface area contributed by atoms with Crippen molar-refractivity contribution in [2.45, 2.75) is 6.42 Å². The second-order valence-corrected chi connectivity index (χ2v) is 7.91. The van der Waals surface area contributed by atoms with Gasteiger partial charge in [-0.1, -0.05) is 36.4 Å². The molecular formula is C28H22N4O2. The summed E-state index contributed by atoms with van der Waals surface area (Å²) in [5, 5.41) is 17.5. The van der Waals surface area contributed by atoms with Crippen molar-refractivity contribution in [1.82, 2.24) is 9.97 Å². The van der Waals surface area contributed by atoms with E-state index >= 15 is 0 Å². The smallest absolute Gasteiger partial charge is 0.255 e. The standard InChI is InChI=1S/C28H22N4O2/c33-27-18-30-26-7-2-1-6-24(26)25(27)16-19-8-10-20(11-9-19)28(34)32-23-5-3-4-22(17-23)31-21-12-14-29-15-13-21/h1-15,17-18,33H,16H2,(H,29,31)(H,32,34). The molecule has 5 aromatic rings. The number of pyridine rings is 2. The number of fused-ring (bicyclic) bond motifs is 1. The van der Waals surface area contributed by atoms with Gasteiger partial charge in [-0.15, -0.1) is 0 Å². The summed E-state index contributed by atoms with van der Waals surface area (Å²) in [4.78, 5) is 21.1. The SMILES string of the molecule is O=C(Nc1cccc(Nc2ccncc2)c1)c1ccc(Cc2c(O)cnc3ccccc23)cc1. The number of carbonyl (C=O) groups is 1. The summed E-state index contributed by atoms with van der Waals surface area (Å²) < 4.78 is 0. The van der Waals surface area contributed by atoms with Crippen molar-refractivity contribution in [3.8, 4) is 5.75 Å². The van der Waals surface area contributed by atoms with Crippen LogP contribution in [0.15, 0.2) is 104 Å². The molecule has 0 aliphatic rings. The zero-order chi connectivity index (χ0) is 23.3. The van der Waals surface area contributed by atoms with E-state index in [9.17, 15) is 9.90 Å². The number of hydrogen-bond acceptors (Lipinski definition) is 5. The zero-order valence-electron chi connectivity index (χ0n) is 18.3. The maximum absolute atomic E-state index is 12.8. The summed E-state index contributed by atoms with van der Waals surface area (Å²) in [6, 6.07) is 26.4. The molecule has 0 atom stereocenters. The number of hydrogen-bond donors (Lipinski definition) is 3. The molecule has 0 spiro atoms. The van der Waals surface area contributed by atoms with E-state index in [2.05, 4.69) is 20.6 Å². The molecule has 5 rings (SSSR count). The van der Waals surface area contributed by atoms with Gasteiger partial charge >= 0.3 is 0 Å². The first-order valence-electron chi connectivity index (χ1n) is 10.9. The molecule has 166 valence electrons. The monoisotopic (exact) mass is 446 g/mol. The van der Waals surface area contributed by atoms with Crippen LogP contribution < -0.4 is 10.6 Å². The van der Waals surface area contributed by atoms with Crippen LogP contribution in [0.2, 0.25) is 0 Å². The molecule has 3 N–H and O–H groups in total. The van der Waals surface area contributed by atoms with Crippen LogP contribution >= 0.6 is 0 Å². The van der Waals surface area contributed by atoms with Gasteiger partial charge in [0.25, 0.3) is 5.91 Å². The van der Waals surface area contributed by atoms with Gasteiger partial charge in [-0.25, -0.2) is 0 Å². The normalized spacial score (nSPS) is 10.7. The van der Waals surface area contributed by atoms with Crippen molar-refractivity contribution in [2.24, 2.45) is 0 Å². The summed E-state index contributed by atoms with van der Waals surface area (Å²) in [5.41, 5.74) is 5.69. The van der Waals surface area contributed by atoms with Crippen LogP contribution in [-0.2, 0) is 6.42 Å². The molecule has 1 amide bonds. The van der Waals surface area contributed by atoms with Crippen LogP contribution in [0.25, 0.3) is 10.9 Å². The first-order valence-corrected chi connectivity index (χ1v) is 10.9. The average molecular weight is 447 g/mol. The van der Waals surface area contributed by atoms with Gasteiger partial charge in [0.05, 0.1) is 11.7 Å². The number of anilines is 3. The highest BCUT2D eigenvalue weighted by molar-refractivity contribution is 6.04. The number of carbonyl (C=O) groups excluding carboxylic acids is 1. The van der Waals surface area contributed by atoms with Gasteiger partial charge in [-0.05, 0) is 54.1 Å². The Balaban J connectivity index is 1.29. The van der Waals surface area contributed by atoms with Crippen molar-refractivity contribution in [1.29, 1.82) is 0 Å². The third-order valence-corrected chi connectivity index (χ3v) is 5.55. The molecule has 0 aliphatic carbocycles. The molecule has 0 unspecified atom stereocenters. The van der Waals surface area contributed by atoms with Crippen molar-refractivity contribution in [3.63, 3.8) is 0 Å². The highest BCUT2D eigenvalue weighted by atomic mass is 16.3. The molecule has 0 fully saturated rings. The Bertz CT molecular complexity index is 1450. The lowest BCUT2D eigenvalue weighted by Crippen LogP contribution is -2.12. The Morgan fingerprint density at radius 2 is 1.59 bits per heavy atom. The Morgan fingerprint density at radius 3 is 2.41 bits per heavy atom. The zero-order valence-corrected chi connectivity index (χ0v) is 18.3. The summed E-state index contributed by atoms with van der Waals surface area (Å²) in [6.07, 6.45) is 5.46. The molecule has 0 bridgehead atoms. The number of aromatic nitrogens is 2. The second kappa shape index (κ2) is 9.42. The lowest BCUT2D eigenvalue weighted by Gasteiger charge is -2.11. The van der Waals surface area contributed by atoms with Crippen LogP contribution in [0.5, 0.6) is 5.75 Å². The van der Waals surface area contributed by atoms with E-state index in [-0.39, 0.29) is 11.7 Å².